The second-order valence-corrected chi connectivity index (χ2v) is 5.97. The lowest BCUT2D eigenvalue weighted by Crippen LogP contribution is -2.26. The first-order valence-corrected chi connectivity index (χ1v) is 8.39. The SMILES string of the molecule is CCCNC(Cc1nccn1CCC)c1ncccc1Br. The minimum atomic E-state index is 0.179. The van der Waals surface area contributed by atoms with Crippen LogP contribution >= 0.6 is 15.9 Å². The van der Waals surface area contributed by atoms with Gasteiger partial charge >= 0.3 is 0 Å². The van der Waals surface area contributed by atoms with Crippen LogP contribution in [0.5, 0.6) is 0 Å². The van der Waals surface area contributed by atoms with Crippen molar-refractivity contribution in [3.8, 4) is 0 Å². The van der Waals surface area contributed by atoms with E-state index in [1.54, 1.807) is 0 Å². The third kappa shape index (κ3) is 4.38. The Bertz CT molecular complexity index is 553. The predicted octanol–water partition coefficient (Wildman–Crippen LogP) is 3.73. The molecule has 0 amide bonds. The van der Waals surface area contributed by atoms with Crippen molar-refractivity contribution in [1.29, 1.82) is 0 Å². The summed E-state index contributed by atoms with van der Waals surface area (Å²) in [5, 5.41) is 3.59. The summed E-state index contributed by atoms with van der Waals surface area (Å²) < 4.78 is 3.28. The van der Waals surface area contributed by atoms with Crippen LogP contribution in [0.2, 0.25) is 0 Å². The molecular formula is C16H23BrN4. The summed E-state index contributed by atoms with van der Waals surface area (Å²) >= 11 is 3.61. The second-order valence-electron chi connectivity index (χ2n) is 5.12. The molecule has 0 aromatic carbocycles. The summed E-state index contributed by atoms with van der Waals surface area (Å²) in [6.07, 6.45) is 8.86. The van der Waals surface area contributed by atoms with Crippen LogP contribution in [0, 0.1) is 0 Å². The summed E-state index contributed by atoms with van der Waals surface area (Å²) in [6.45, 7) is 6.35. The summed E-state index contributed by atoms with van der Waals surface area (Å²) in [6, 6.07) is 4.17. The molecule has 0 aliphatic heterocycles. The van der Waals surface area contributed by atoms with Crippen LogP contribution in [0.1, 0.15) is 44.2 Å². The Morgan fingerprint density at radius 1 is 1.24 bits per heavy atom. The normalized spacial score (nSPS) is 12.5. The topological polar surface area (TPSA) is 42.7 Å². The van der Waals surface area contributed by atoms with E-state index in [0.29, 0.717) is 0 Å². The molecule has 2 rings (SSSR count). The number of aromatic nitrogens is 3. The number of hydrogen-bond donors (Lipinski definition) is 1. The average Bonchev–Trinajstić information content (AvgIpc) is 2.92. The third-order valence-corrected chi connectivity index (χ3v) is 4.08. The van der Waals surface area contributed by atoms with Gasteiger partial charge in [0, 0.05) is 36.0 Å². The first-order chi connectivity index (χ1) is 10.3. The fraction of sp³-hybridized carbons (Fsp3) is 0.500. The molecule has 0 fully saturated rings. The van der Waals surface area contributed by atoms with Crippen molar-refractivity contribution in [3.63, 3.8) is 0 Å². The Balaban J connectivity index is 2.20. The van der Waals surface area contributed by atoms with Crippen LogP contribution in [0.4, 0.5) is 0 Å². The highest BCUT2D eigenvalue weighted by Gasteiger charge is 2.18. The maximum atomic E-state index is 4.54. The molecule has 1 N–H and O–H groups in total. The molecule has 1 unspecified atom stereocenters. The molecule has 2 aromatic rings. The number of imidazole rings is 1. The van der Waals surface area contributed by atoms with Gasteiger partial charge in [-0.25, -0.2) is 4.98 Å². The maximum Gasteiger partial charge on any atom is 0.110 e. The minimum Gasteiger partial charge on any atom is -0.335 e. The van der Waals surface area contributed by atoms with Crippen LogP contribution in [-0.2, 0) is 13.0 Å². The van der Waals surface area contributed by atoms with Gasteiger partial charge in [0.25, 0.3) is 0 Å². The summed E-state index contributed by atoms with van der Waals surface area (Å²) in [5.41, 5.74) is 1.05. The number of aryl methyl sites for hydroxylation is 1. The van der Waals surface area contributed by atoms with Gasteiger partial charge in [-0.2, -0.15) is 0 Å². The van der Waals surface area contributed by atoms with E-state index in [0.717, 1.165) is 48.3 Å². The van der Waals surface area contributed by atoms with E-state index in [2.05, 4.69) is 55.8 Å². The molecule has 0 aliphatic carbocycles. The highest BCUT2D eigenvalue weighted by molar-refractivity contribution is 9.10. The molecule has 114 valence electrons. The lowest BCUT2D eigenvalue weighted by molar-refractivity contribution is 0.491. The van der Waals surface area contributed by atoms with Crippen LogP contribution < -0.4 is 5.32 Å². The Kier molecular flexibility index (Phi) is 6.39. The zero-order valence-electron chi connectivity index (χ0n) is 12.7. The van der Waals surface area contributed by atoms with Crippen molar-refractivity contribution in [1.82, 2.24) is 19.9 Å². The predicted molar refractivity (Wildman–Crippen MR) is 89.2 cm³/mol. The molecule has 2 aromatic heterocycles. The van der Waals surface area contributed by atoms with Crippen molar-refractivity contribution >= 4 is 15.9 Å². The fourth-order valence-corrected chi connectivity index (χ4v) is 2.93. The number of pyridine rings is 1. The van der Waals surface area contributed by atoms with Gasteiger partial charge in [0.2, 0.25) is 0 Å². The van der Waals surface area contributed by atoms with Crippen LogP contribution in [0.25, 0.3) is 0 Å². The number of nitrogens with zero attached hydrogens (tertiary/aromatic N) is 3. The Morgan fingerprint density at radius 3 is 2.81 bits per heavy atom. The molecule has 5 heteroatoms. The molecule has 21 heavy (non-hydrogen) atoms. The zero-order valence-corrected chi connectivity index (χ0v) is 14.3. The van der Waals surface area contributed by atoms with E-state index >= 15 is 0 Å². The van der Waals surface area contributed by atoms with E-state index in [-0.39, 0.29) is 6.04 Å². The van der Waals surface area contributed by atoms with E-state index < -0.39 is 0 Å². The lowest BCUT2D eigenvalue weighted by Gasteiger charge is -2.19. The van der Waals surface area contributed by atoms with Crippen molar-refractivity contribution in [3.05, 3.63) is 46.7 Å². The molecule has 4 nitrogen and oxygen atoms in total. The maximum absolute atomic E-state index is 4.54. The van der Waals surface area contributed by atoms with Gasteiger partial charge in [-0.3, -0.25) is 4.98 Å². The van der Waals surface area contributed by atoms with E-state index in [4.69, 9.17) is 0 Å². The van der Waals surface area contributed by atoms with Crippen molar-refractivity contribution in [2.75, 3.05) is 6.54 Å². The van der Waals surface area contributed by atoms with Crippen molar-refractivity contribution < 1.29 is 0 Å². The lowest BCUT2D eigenvalue weighted by atomic mass is 10.1. The number of halogens is 1. The quantitative estimate of drug-likeness (QED) is 0.788. The molecule has 2 heterocycles. The number of rotatable bonds is 8. The summed E-state index contributed by atoms with van der Waals surface area (Å²) in [7, 11) is 0. The number of nitrogens with one attached hydrogen (secondary N) is 1. The Labute approximate surface area is 135 Å². The fourth-order valence-electron chi connectivity index (χ4n) is 2.40. The molecule has 0 saturated carbocycles. The second kappa shape index (κ2) is 8.29. The van der Waals surface area contributed by atoms with Gasteiger partial charge in [0.05, 0.1) is 11.7 Å². The summed E-state index contributed by atoms with van der Waals surface area (Å²) in [4.78, 5) is 9.06. The summed E-state index contributed by atoms with van der Waals surface area (Å²) in [5.74, 6) is 1.11. The van der Waals surface area contributed by atoms with Crippen LogP contribution in [-0.4, -0.2) is 21.1 Å². The molecule has 0 aliphatic rings. The van der Waals surface area contributed by atoms with E-state index in [1.165, 1.54) is 0 Å². The minimum absolute atomic E-state index is 0.179. The van der Waals surface area contributed by atoms with Gasteiger partial charge < -0.3 is 9.88 Å². The monoisotopic (exact) mass is 350 g/mol. The van der Waals surface area contributed by atoms with Gasteiger partial charge in [-0.05, 0) is 47.4 Å². The third-order valence-electron chi connectivity index (χ3n) is 3.41. The van der Waals surface area contributed by atoms with E-state index in [9.17, 15) is 0 Å². The molecule has 0 radical (unpaired) electrons. The first-order valence-electron chi connectivity index (χ1n) is 7.60. The standard InChI is InChI=1S/C16H23BrN4/c1-3-7-18-14(16-13(17)6-5-8-20-16)12-15-19-9-11-21(15)10-4-2/h5-6,8-9,11,14,18H,3-4,7,10,12H2,1-2H3. The average molecular weight is 351 g/mol. The molecule has 1 atom stereocenters. The smallest absolute Gasteiger partial charge is 0.110 e. The molecule has 0 saturated heterocycles. The van der Waals surface area contributed by atoms with Crippen LogP contribution in [0.3, 0.4) is 0 Å². The van der Waals surface area contributed by atoms with Gasteiger partial charge in [0.15, 0.2) is 0 Å². The Morgan fingerprint density at radius 2 is 2.10 bits per heavy atom. The van der Waals surface area contributed by atoms with Gasteiger partial charge in [-0.1, -0.05) is 13.8 Å². The zero-order chi connectivity index (χ0) is 15.1. The van der Waals surface area contributed by atoms with Gasteiger partial charge in [-0.15, -0.1) is 0 Å². The highest BCUT2D eigenvalue weighted by Crippen LogP contribution is 2.23. The highest BCUT2D eigenvalue weighted by atomic mass is 79.9. The van der Waals surface area contributed by atoms with Crippen molar-refractivity contribution in [2.24, 2.45) is 0 Å². The van der Waals surface area contributed by atoms with E-state index in [1.807, 2.05) is 24.5 Å². The Hall–Kier alpha value is -1.20. The molecule has 0 spiro atoms. The molecule has 0 bridgehead atoms. The molecular weight excluding hydrogens is 328 g/mol. The van der Waals surface area contributed by atoms with Crippen molar-refractivity contribution in [2.45, 2.75) is 45.7 Å². The first kappa shape index (κ1) is 16.2. The largest absolute Gasteiger partial charge is 0.335 e. The van der Waals surface area contributed by atoms with Gasteiger partial charge in [0.1, 0.15) is 5.82 Å². The van der Waals surface area contributed by atoms with Crippen LogP contribution in [0.15, 0.2) is 35.2 Å². The number of hydrogen-bond acceptors (Lipinski definition) is 3.